The van der Waals surface area contributed by atoms with Crippen LogP contribution in [0.1, 0.15) is 11.6 Å². The van der Waals surface area contributed by atoms with Crippen molar-refractivity contribution in [2.75, 3.05) is 6.54 Å². The fourth-order valence-corrected chi connectivity index (χ4v) is 1.57. The number of hydrogen-bond donors (Lipinski definition) is 2. The zero-order valence-electron chi connectivity index (χ0n) is 8.08. The minimum atomic E-state index is -1.04. The molecular formula is C10H8Cl2N2O2. The minimum Gasteiger partial charge on any atom is -0.480 e. The van der Waals surface area contributed by atoms with Crippen LogP contribution < -0.4 is 5.32 Å². The first-order valence-electron chi connectivity index (χ1n) is 4.35. The number of nitrogens with zero attached hydrogens (tertiary/aromatic N) is 1. The number of halogens is 2. The molecule has 6 heteroatoms. The van der Waals surface area contributed by atoms with Crippen LogP contribution in [-0.2, 0) is 4.79 Å². The smallest absolute Gasteiger partial charge is 0.317 e. The molecule has 0 fully saturated rings. The van der Waals surface area contributed by atoms with Gasteiger partial charge in [-0.3, -0.25) is 10.1 Å². The number of carboxylic acids is 1. The summed E-state index contributed by atoms with van der Waals surface area (Å²) >= 11 is 11.7. The molecule has 1 aromatic carbocycles. The maximum atomic E-state index is 10.4. The van der Waals surface area contributed by atoms with Gasteiger partial charge < -0.3 is 5.11 Å². The number of nitriles is 1. The number of benzene rings is 1. The summed E-state index contributed by atoms with van der Waals surface area (Å²) < 4.78 is 0. The van der Waals surface area contributed by atoms with Crippen LogP contribution in [-0.4, -0.2) is 17.6 Å². The molecule has 0 amide bonds. The van der Waals surface area contributed by atoms with Gasteiger partial charge in [0, 0.05) is 5.56 Å². The van der Waals surface area contributed by atoms with Crippen LogP contribution in [0.25, 0.3) is 0 Å². The number of carboxylic acid groups (broad SMARTS) is 1. The molecule has 0 aliphatic heterocycles. The maximum Gasteiger partial charge on any atom is 0.317 e. The van der Waals surface area contributed by atoms with E-state index in [0.29, 0.717) is 10.6 Å². The van der Waals surface area contributed by atoms with Gasteiger partial charge in [0.05, 0.1) is 22.7 Å². The molecule has 1 unspecified atom stereocenters. The molecule has 0 bridgehead atoms. The third kappa shape index (κ3) is 3.11. The molecule has 0 saturated heterocycles. The zero-order chi connectivity index (χ0) is 12.1. The lowest BCUT2D eigenvalue weighted by molar-refractivity contribution is -0.136. The van der Waals surface area contributed by atoms with E-state index in [-0.39, 0.29) is 11.6 Å². The van der Waals surface area contributed by atoms with Crippen LogP contribution in [0, 0.1) is 11.3 Å². The van der Waals surface area contributed by atoms with E-state index in [1.165, 1.54) is 0 Å². The number of rotatable bonds is 4. The van der Waals surface area contributed by atoms with Crippen molar-refractivity contribution in [1.29, 1.82) is 5.26 Å². The second-order valence-electron chi connectivity index (χ2n) is 2.98. The third-order valence-corrected chi connectivity index (χ3v) is 2.71. The van der Waals surface area contributed by atoms with E-state index < -0.39 is 12.0 Å². The standard InChI is InChI=1S/C10H8Cl2N2O2/c11-7-3-1-2-6(10(7)12)8(4-13)14-5-9(15)16/h1-3,8,14H,5H2,(H,15,16). The Labute approximate surface area is 102 Å². The average molecular weight is 259 g/mol. The van der Waals surface area contributed by atoms with Gasteiger partial charge in [0.25, 0.3) is 0 Å². The predicted octanol–water partition coefficient (Wildman–Crippen LogP) is 2.23. The molecule has 1 rings (SSSR count). The van der Waals surface area contributed by atoms with Crippen molar-refractivity contribution < 1.29 is 9.90 Å². The lowest BCUT2D eigenvalue weighted by Crippen LogP contribution is -2.26. The summed E-state index contributed by atoms with van der Waals surface area (Å²) in [5.74, 6) is -1.04. The highest BCUT2D eigenvalue weighted by Crippen LogP contribution is 2.29. The number of carbonyl (C=O) groups is 1. The quantitative estimate of drug-likeness (QED) is 0.869. The Morgan fingerprint density at radius 3 is 2.81 bits per heavy atom. The van der Waals surface area contributed by atoms with Gasteiger partial charge in [0.2, 0.25) is 0 Å². The first-order chi connectivity index (χ1) is 7.56. The number of nitrogens with one attached hydrogen (secondary N) is 1. The van der Waals surface area contributed by atoms with E-state index in [2.05, 4.69) is 5.32 Å². The SMILES string of the molecule is N#CC(NCC(=O)O)c1cccc(Cl)c1Cl. The summed E-state index contributed by atoms with van der Waals surface area (Å²) in [5.41, 5.74) is 0.470. The van der Waals surface area contributed by atoms with Gasteiger partial charge in [0.1, 0.15) is 6.04 Å². The summed E-state index contributed by atoms with van der Waals surface area (Å²) in [4.78, 5) is 10.4. The fraction of sp³-hybridized carbons (Fsp3) is 0.200. The van der Waals surface area contributed by atoms with Gasteiger partial charge in [-0.05, 0) is 6.07 Å². The summed E-state index contributed by atoms with van der Waals surface area (Å²) in [6, 6.07) is 6.00. The van der Waals surface area contributed by atoms with Crippen molar-refractivity contribution in [3.63, 3.8) is 0 Å². The predicted molar refractivity (Wildman–Crippen MR) is 60.5 cm³/mol. The average Bonchev–Trinajstić information content (AvgIpc) is 2.24. The van der Waals surface area contributed by atoms with Crippen LogP contribution in [0.2, 0.25) is 10.0 Å². The molecule has 0 spiro atoms. The molecule has 4 nitrogen and oxygen atoms in total. The molecule has 1 atom stereocenters. The van der Waals surface area contributed by atoms with E-state index in [9.17, 15) is 4.79 Å². The molecule has 16 heavy (non-hydrogen) atoms. The topological polar surface area (TPSA) is 73.1 Å². The normalized spacial score (nSPS) is 11.8. The number of hydrogen-bond acceptors (Lipinski definition) is 3. The van der Waals surface area contributed by atoms with Crippen molar-refractivity contribution in [2.24, 2.45) is 0 Å². The second kappa shape index (κ2) is 5.71. The zero-order valence-corrected chi connectivity index (χ0v) is 9.59. The Balaban J connectivity index is 2.92. The van der Waals surface area contributed by atoms with Crippen molar-refractivity contribution >= 4 is 29.2 Å². The third-order valence-electron chi connectivity index (χ3n) is 1.88. The Hall–Kier alpha value is -1.28. The molecule has 1 aromatic rings. The van der Waals surface area contributed by atoms with E-state index >= 15 is 0 Å². The van der Waals surface area contributed by atoms with Gasteiger partial charge in [-0.2, -0.15) is 5.26 Å². The molecule has 84 valence electrons. The van der Waals surface area contributed by atoms with Crippen LogP contribution in [0.4, 0.5) is 0 Å². The first-order valence-corrected chi connectivity index (χ1v) is 5.10. The summed E-state index contributed by atoms with van der Waals surface area (Å²) in [6.07, 6.45) is 0. The van der Waals surface area contributed by atoms with Gasteiger partial charge in [-0.15, -0.1) is 0 Å². The molecule has 0 radical (unpaired) electrons. The molecule has 0 aliphatic carbocycles. The monoisotopic (exact) mass is 258 g/mol. The van der Waals surface area contributed by atoms with Crippen molar-refractivity contribution in [3.8, 4) is 6.07 Å². The fourth-order valence-electron chi connectivity index (χ4n) is 1.16. The van der Waals surface area contributed by atoms with Crippen LogP contribution in [0.5, 0.6) is 0 Å². The van der Waals surface area contributed by atoms with Crippen LogP contribution in [0.15, 0.2) is 18.2 Å². The largest absolute Gasteiger partial charge is 0.480 e. The lowest BCUT2D eigenvalue weighted by Gasteiger charge is -2.12. The minimum absolute atomic E-state index is 0.258. The van der Waals surface area contributed by atoms with E-state index in [4.69, 9.17) is 33.6 Å². The summed E-state index contributed by atoms with van der Waals surface area (Å²) in [5, 5.41) is 20.5. The Morgan fingerprint density at radius 1 is 1.56 bits per heavy atom. The maximum absolute atomic E-state index is 10.4. The molecule has 0 saturated carbocycles. The van der Waals surface area contributed by atoms with Crippen LogP contribution >= 0.6 is 23.2 Å². The highest BCUT2D eigenvalue weighted by Gasteiger charge is 2.16. The molecule has 2 N–H and O–H groups in total. The first kappa shape index (κ1) is 12.8. The van der Waals surface area contributed by atoms with Crippen LogP contribution in [0.3, 0.4) is 0 Å². The Morgan fingerprint density at radius 2 is 2.25 bits per heavy atom. The highest BCUT2D eigenvalue weighted by molar-refractivity contribution is 6.42. The van der Waals surface area contributed by atoms with E-state index in [1.807, 2.05) is 6.07 Å². The molecule has 0 aromatic heterocycles. The Kier molecular flexibility index (Phi) is 4.56. The molecular weight excluding hydrogens is 251 g/mol. The van der Waals surface area contributed by atoms with Gasteiger partial charge in [-0.1, -0.05) is 35.3 Å². The number of aliphatic carboxylic acids is 1. The van der Waals surface area contributed by atoms with E-state index in [0.717, 1.165) is 0 Å². The van der Waals surface area contributed by atoms with E-state index in [1.54, 1.807) is 18.2 Å². The summed E-state index contributed by atoms with van der Waals surface area (Å²) in [7, 11) is 0. The van der Waals surface area contributed by atoms with Crippen molar-refractivity contribution in [1.82, 2.24) is 5.32 Å². The van der Waals surface area contributed by atoms with Gasteiger partial charge in [-0.25, -0.2) is 0 Å². The molecule has 0 aliphatic rings. The lowest BCUT2D eigenvalue weighted by atomic mass is 10.1. The second-order valence-corrected chi connectivity index (χ2v) is 3.76. The molecule has 0 heterocycles. The van der Waals surface area contributed by atoms with Crippen molar-refractivity contribution in [2.45, 2.75) is 6.04 Å². The summed E-state index contributed by atoms with van der Waals surface area (Å²) in [6.45, 7) is -0.318. The van der Waals surface area contributed by atoms with Crippen molar-refractivity contribution in [3.05, 3.63) is 33.8 Å². The van der Waals surface area contributed by atoms with Gasteiger partial charge >= 0.3 is 5.97 Å². The Bertz CT molecular complexity index is 443. The highest BCUT2D eigenvalue weighted by atomic mass is 35.5. The van der Waals surface area contributed by atoms with Gasteiger partial charge in [0.15, 0.2) is 0 Å².